The van der Waals surface area contributed by atoms with Gasteiger partial charge in [0.1, 0.15) is 0 Å². The Balaban J connectivity index is 0. The predicted molar refractivity (Wildman–Crippen MR) is 66.0 cm³/mol. The van der Waals surface area contributed by atoms with Crippen molar-refractivity contribution in [2.75, 3.05) is 14.1 Å². The summed E-state index contributed by atoms with van der Waals surface area (Å²) >= 11 is 0. The molecular weight excluding hydrogens is 190 g/mol. The Kier molecular flexibility index (Phi) is 12.0. The summed E-state index contributed by atoms with van der Waals surface area (Å²) in [5, 5.41) is 9.25. The van der Waals surface area contributed by atoms with E-state index < -0.39 is 6.29 Å². The molecule has 0 radical (unpaired) electrons. The Morgan fingerprint density at radius 1 is 1.07 bits per heavy atom. The van der Waals surface area contributed by atoms with Gasteiger partial charge in [0.15, 0.2) is 6.29 Å². The number of ether oxygens (including phenoxy) is 1. The van der Waals surface area contributed by atoms with Crippen LogP contribution < -0.4 is 0 Å². The first-order valence-electron chi connectivity index (χ1n) is 6.09. The lowest BCUT2D eigenvalue weighted by atomic mass is 10.0. The summed E-state index contributed by atoms with van der Waals surface area (Å²) in [5.74, 6) is 0. The molecule has 0 saturated carbocycles. The first-order valence-corrected chi connectivity index (χ1v) is 6.09. The van der Waals surface area contributed by atoms with E-state index in [-0.39, 0.29) is 6.10 Å². The molecule has 1 aliphatic rings. The third kappa shape index (κ3) is 7.77. The Labute approximate surface area is 95.4 Å². The quantitative estimate of drug-likeness (QED) is 0.735. The molecule has 0 aromatic carbocycles. The summed E-state index contributed by atoms with van der Waals surface area (Å²) in [6, 6.07) is 0.466. The van der Waals surface area contributed by atoms with Crippen molar-refractivity contribution in [3.05, 3.63) is 0 Å². The van der Waals surface area contributed by atoms with Gasteiger partial charge in [0, 0.05) is 12.5 Å². The maximum Gasteiger partial charge on any atom is 0.156 e. The number of nitrogens with zero attached hydrogens (tertiary/aromatic N) is 1. The summed E-state index contributed by atoms with van der Waals surface area (Å²) in [4.78, 5) is 2.14. The average molecular weight is 219 g/mol. The molecule has 1 heterocycles. The van der Waals surface area contributed by atoms with Crippen molar-refractivity contribution in [2.24, 2.45) is 0 Å². The van der Waals surface area contributed by atoms with Gasteiger partial charge in [-0.25, -0.2) is 0 Å². The lowest BCUT2D eigenvalue weighted by molar-refractivity contribution is -0.172. The van der Waals surface area contributed by atoms with Gasteiger partial charge >= 0.3 is 0 Å². The van der Waals surface area contributed by atoms with Crippen LogP contribution in [0.25, 0.3) is 0 Å². The molecule has 3 heteroatoms. The molecule has 0 unspecified atom stereocenters. The van der Waals surface area contributed by atoms with Crippen molar-refractivity contribution in [3.63, 3.8) is 0 Å². The summed E-state index contributed by atoms with van der Waals surface area (Å²) in [6.07, 6.45) is 1.37. The van der Waals surface area contributed by atoms with Gasteiger partial charge in [0.25, 0.3) is 0 Å². The normalized spacial score (nSPS) is 29.8. The monoisotopic (exact) mass is 219 g/mol. The van der Waals surface area contributed by atoms with E-state index in [2.05, 4.69) is 4.90 Å². The van der Waals surface area contributed by atoms with E-state index in [4.69, 9.17) is 4.74 Å². The molecule has 1 N–H and O–H groups in total. The van der Waals surface area contributed by atoms with Crippen molar-refractivity contribution in [2.45, 2.75) is 65.9 Å². The minimum Gasteiger partial charge on any atom is -0.368 e. The molecule has 0 amide bonds. The topological polar surface area (TPSA) is 32.7 Å². The Bertz CT molecular complexity index is 119. The number of rotatable bonds is 1. The summed E-state index contributed by atoms with van der Waals surface area (Å²) in [7, 11) is 4.07. The highest BCUT2D eigenvalue weighted by atomic mass is 16.6. The van der Waals surface area contributed by atoms with E-state index in [9.17, 15) is 5.11 Å². The highest BCUT2D eigenvalue weighted by Gasteiger charge is 2.26. The standard InChI is InChI=1S/C8H17NO2.2C2H6/c1-6-4-7(9(2)3)5-8(10)11-6;2*1-2/h6-8,10H,4-5H2,1-3H3;2*1-2H3/t6-,7+,8-;;/m1../s1. The molecule has 0 aliphatic carbocycles. The number of aliphatic hydroxyl groups is 1. The second kappa shape index (κ2) is 10.4. The first-order chi connectivity index (χ1) is 7.09. The second-order valence-corrected chi connectivity index (χ2v) is 3.49. The van der Waals surface area contributed by atoms with Crippen LogP contribution in [0.4, 0.5) is 0 Å². The third-order valence-corrected chi connectivity index (χ3v) is 2.20. The van der Waals surface area contributed by atoms with Crippen molar-refractivity contribution in [1.29, 1.82) is 0 Å². The molecule has 0 spiro atoms. The fourth-order valence-corrected chi connectivity index (χ4v) is 1.51. The molecular formula is C12H29NO2. The van der Waals surface area contributed by atoms with Gasteiger partial charge in [-0.2, -0.15) is 0 Å². The fraction of sp³-hybridized carbons (Fsp3) is 1.00. The van der Waals surface area contributed by atoms with E-state index >= 15 is 0 Å². The highest BCUT2D eigenvalue weighted by Crippen LogP contribution is 2.20. The Morgan fingerprint density at radius 3 is 1.87 bits per heavy atom. The van der Waals surface area contributed by atoms with Gasteiger partial charge in [-0.3, -0.25) is 0 Å². The maximum absolute atomic E-state index is 9.25. The van der Waals surface area contributed by atoms with E-state index in [1.807, 2.05) is 48.7 Å². The van der Waals surface area contributed by atoms with Gasteiger partial charge in [0.2, 0.25) is 0 Å². The van der Waals surface area contributed by atoms with Crippen LogP contribution in [0, 0.1) is 0 Å². The lowest BCUT2D eigenvalue weighted by Gasteiger charge is -2.34. The number of hydrogen-bond donors (Lipinski definition) is 1. The molecule has 0 aromatic rings. The lowest BCUT2D eigenvalue weighted by Crippen LogP contribution is -2.41. The van der Waals surface area contributed by atoms with Crippen LogP contribution in [0.1, 0.15) is 47.5 Å². The minimum absolute atomic E-state index is 0.186. The minimum atomic E-state index is -0.564. The van der Waals surface area contributed by atoms with E-state index in [0.29, 0.717) is 6.04 Å². The zero-order chi connectivity index (χ0) is 12.4. The van der Waals surface area contributed by atoms with Gasteiger partial charge in [0.05, 0.1) is 6.10 Å². The molecule has 0 aromatic heterocycles. The van der Waals surface area contributed by atoms with Gasteiger partial charge in [-0.1, -0.05) is 27.7 Å². The zero-order valence-electron chi connectivity index (χ0n) is 11.4. The van der Waals surface area contributed by atoms with Crippen molar-refractivity contribution in [1.82, 2.24) is 4.90 Å². The fourth-order valence-electron chi connectivity index (χ4n) is 1.51. The van der Waals surface area contributed by atoms with Crippen LogP contribution >= 0.6 is 0 Å². The van der Waals surface area contributed by atoms with Crippen LogP contribution in [-0.4, -0.2) is 42.5 Å². The van der Waals surface area contributed by atoms with Crippen molar-refractivity contribution < 1.29 is 9.84 Å². The van der Waals surface area contributed by atoms with E-state index in [0.717, 1.165) is 12.8 Å². The van der Waals surface area contributed by atoms with Gasteiger partial charge < -0.3 is 14.7 Å². The maximum atomic E-state index is 9.25. The molecule has 15 heavy (non-hydrogen) atoms. The Hall–Kier alpha value is -0.120. The summed E-state index contributed by atoms with van der Waals surface area (Å²) < 4.78 is 5.20. The molecule has 3 nitrogen and oxygen atoms in total. The van der Waals surface area contributed by atoms with E-state index in [1.165, 1.54) is 0 Å². The van der Waals surface area contributed by atoms with Crippen LogP contribution in [-0.2, 0) is 4.74 Å². The molecule has 1 saturated heterocycles. The predicted octanol–water partition coefficient (Wildman–Crippen LogP) is 2.49. The van der Waals surface area contributed by atoms with Gasteiger partial charge in [-0.15, -0.1) is 0 Å². The van der Waals surface area contributed by atoms with Crippen molar-refractivity contribution in [3.8, 4) is 0 Å². The molecule has 94 valence electrons. The number of hydrogen-bond acceptors (Lipinski definition) is 3. The summed E-state index contributed by atoms with van der Waals surface area (Å²) in [6.45, 7) is 10.00. The van der Waals surface area contributed by atoms with Gasteiger partial charge in [-0.05, 0) is 27.4 Å². The highest BCUT2D eigenvalue weighted by molar-refractivity contribution is 4.75. The van der Waals surface area contributed by atoms with E-state index in [1.54, 1.807) is 0 Å². The molecule has 1 aliphatic heterocycles. The van der Waals surface area contributed by atoms with Crippen LogP contribution in [0.2, 0.25) is 0 Å². The summed E-state index contributed by atoms with van der Waals surface area (Å²) in [5.41, 5.74) is 0. The largest absolute Gasteiger partial charge is 0.368 e. The second-order valence-electron chi connectivity index (χ2n) is 3.49. The van der Waals surface area contributed by atoms with Crippen LogP contribution in [0.15, 0.2) is 0 Å². The molecule has 1 fully saturated rings. The first kappa shape index (κ1) is 17.3. The molecule has 3 atom stereocenters. The Morgan fingerprint density at radius 2 is 1.53 bits per heavy atom. The van der Waals surface area contributed by atoms with Crippen LogP contribution in [0.3, 0.4) is 0 Å². The smallest absolute Gasteiger partial charge is 0.156 e. The molecule has 0 bridgehead atoms. The zero-order valence-corrected chi connectivity index (χ0v) is 11.4. The number of aliphatic hydroxyl groups excluding tert-OH is 1. The SMILES string of the molecule is CC.CC.C[C@@H]1C[C@H](N(C)C)C[C@H](O)O1. The average Bonchev–Trinajstić information content (AvgIpc) is 2.22. The van der Waals surface area contributed by atoms with Crippen molar-refractivity contribution >= 4 is 0 Å². The third-order valence-electron chi connectivity index (χ3n) is 2.20. The van der Waals surface area contributed by atoms with Crippen LogP contribution in [0.5, 0.6) is 0 Å². The molecule has 1 rings (SSSR count).